The maximum Gasteiger partial charge on any atom is 0.293 e. The minimum atomic E-state index is -0.779. The number of carbonyl (C=O) groups is 1. The van der Waals surface area contributed by atoms with Gasteiger partial charge in [0.2, 0.25) is 0 Å². The Morgan fingerprint density at radius 3 is 2.93 bits per heavy atom. The van der Waals surface area contributed by atoms with Gasteiger partial charge in [0, 0.05) is 5.92 Å². The van der Waals surface area contributed by atoms with Crippen LogP contribution in [-0.4, -0.2) is 22.1 Å². The van der Waals surface area contributed by atoms with E-state index in [-0.39, 0.29) is 11.1 Å². The third kappa shape index (κ3) is 2.64. The van der Waals surface area contributed by atoms with E-state index in [0.29, 0.717) is 5.16 Å². The molecule has 1 aromatic heterocycles. The molecule has 1 heterocycles. The summed E-state index contributed by atoms with van der Waals surface area (Å²) in [4.78, 5) is 27.9. The molecule has 0 atom stereocenters. The zero-order chi connectivity index (χ0) is 10.6. The van der Waals surface area contributed by atoms with E-state index >= 15 is 0 Å². The monoisotopic (exact) mass is 209 g/mol. The van der Waals surface area contributed by atoms with Crippen molar-refractivity contribution in [2.75, 3.05) is 6.26 Å². The molecule has 0 fully saturated rings. The molecule has 5 nitrogen and oxygen atoms in total. The highest BCUT2D eigenvalue weighted by atomic mass is 32.2. The molecular weight excluding hydrogens is 202 g/mol. The zero-order valence-electron chi connectivity index (χ0n) is 7.33. The normalized spacial score (nSPS) is 8.93. The number of hydrogen-bond donors (Lipinski definition) is 2. The van der Waals surface area contributed by atoms with Gasteiger partial charge in [-0.05, 0) is 12.2 Å². The molecule has 6 heteroatoms. The van der Waals surface area contributed by atoms with Gasteiger partial charge < -0.3 is 10.7 Å². The summed E-state index contributed by atoms with van der Waals surface area (Å²) in [5.74, 6) is 3.61. The van der Waals surface area contributed by atoms with Gasteiger partial charge in [0.25, 0.3) is 11.5 Å². The molecule has 14 heavy (non-hydrogen) atoms. The molecule has 1 rings (SSSR count). The maximum atomic E-state index is 11.2. The minimum Gasteiger partial charge on any atom is -0.359 e. The number of amides is 1. The van der Waals surface area contributed by atoms with Crippen LogP contribution in [0.2, 0.25) is 0 Å². The third-order valence-electron chi connectivity index (χ3n) is 1.29. The van der Waals surface area contributed by atoms with Gasteiger partial charge in [0.15, 0.2) is 5.16 Å². The van der Waals surface area contributed by atoms with Crippen LogP contribution in [0.25, 0.3) is 0 Å². The lowest BCUT2D eigenvalue weighted by molar-refractivity contribution is -0.112. The zero-order valence-corrected chi connectivity index (χ0v) is 8.14. The van der Waals surface area contributed by atoms with Crippen LogP contribution in [0.5, 0.6) is 0 Å². The average Bonchev–Trinajstić information content (AvgIpc) is 2.15. The van der Waals surface area contributed by atoms with Crippen molar-refractivity contribution in [2.45, 2.75) is 5.16 Å². The number of primary amides is 1. The summed E-state index contributed by atoms with van der Waals surface area (Å²) in [6.07, 6.45) is 3.09. The van der Waals surface area contributed by atoms with Gasteiger partial charge in [-0.15, -0.1) is 0 Å². The number of aromatic nitrogens is 2. The molecule has 0 aliphatic rings. The fraction of sp³-hybridized carbons (Fsp3) is 0.125. The fourth-order valence-electron chi connectivity index (χ4n) is 0.700. The lowest BCUT2D eigenvalue weighted by Crippen LogP contribution is -2.13. The number of thioether (sulfide) groups is 1. The van der Waals surface area contributed by atoms with E-state index in [4.69, 9.17) is 5.73 Å². The van der Waals surface area contributed by atoms with E-state index in [2.05, 4.69) is 21.8 Å². The summed E-state index contributed by atoms with van der Waals surface area (Å²) in [6, 6.07) is 0. The lowest BCUT2D eigenvalue weighted by Gasteiger charge is -1.93. The van der Waals surface area contributed by atoms with Crippen LogP contribution in [0, 0.1) is 11.8 Å². The van der Waals surface area contributed by atoms with Crippen LogP contribution >= 0.6 is 11.8 Å². The number of H-pyrrole nitrogens is 1. The summed E-state index contributed by atoms with van der Waals surface area (Å²) in [5.41, 5.74) is 4.55. The summed E-state index contributed by atoms with van der Waals surface area (Å²) in [6.45, 7) is 0. The van der Waals surface area contributed by atoms with E-state index < -0.39 is 5.91 Å². The summed E-state index contributed by atoms with van der Waals surface area (Å²) >= 11 is 1.31. The molecule has 0 saturated heterocycles. The van der Waals surface area contributed by atoms with Gasteiger partial charge in [-0.2, -0.15) is 0 Å². The van der Waals surface area contributed by atoms with Crippen molar-refractivity contribution in [3.8, 4) is 11.8 Å². The van der Waals surface area contributed by atoms with Crippen molar-refractivity contribution in [1.82, 2.24) is 9.97 Å². The van der Waals surface area contributed by atoms with E-state index in [1.807, 2.05) is 0 Å². The van der Waals surface area contributed by atoms with Gasteiger partial charge in [0.1, 0.15) is 5.56 Å². The number of nitrogens with zero attached hydrogens (tertiary/aromatic N) is 1. The van der Waals surface area contributed by atoms with Crippen molar-refractivity contribution < 1.29 is 4.79 Å². The third-order valence-corrected chi connectivity index (χ3v) is 1.88. The van der Waals surface area contributed by atoms with Crippen molar-refractivity contribution in [1.29, 1.82) is 0 Å². The number of nitrogens with two attached hydrogens (primary N) is 1. The Labute approximate surface area is 84.1 Å². The average molecular weight is 209 g/mol. The second-order valence-electron chi connectivity index (χ2n) is 2.25. The van der Waals surface area contributed by atoms with E-state index in [1.54, 1.807) is 6.26 Å². The van der Waals surface area contributed by atoms with Crippen molar-refractivity contribution in [2.24, 2.45) is 5.73 Å². The fourth-order valence-corrected chi connectivity index (χ4v) is 1.05. The molecule has 0 unspecified atom stereocenters. The van der Waals surface area contributed by atoms with Gasteiger partial charge >= 0.3 is 0 Å². The van der Waals surface area contributed by atoms with Crippen LogP contribution in [0.15, 0.2) is 16.1 Å². The molecule has 0 radical (unpaired) electrons. The quantitative estimate of drug-likeness (QED) is 0.364. The first-order valence-electron chi connectivity index (χ1n) is 3.58. The van der Waals surface area contributed by atoms with Crippen LogP contribution in [-0.2, 0) is 4.79 Å². The number of hydrogen-bond acceptors (Lipinski definition) is 4. The molecular formula is C8H7N3O2S. The number of carbonyl (C=O) groups excluding carboxylic acids is 1. The van der Waals surface area contributed by atoms with Crippen molar-refractivity contribution in [3.05, 3.63) is 22.1 Å². The Morgan fingerprint density at radius 1 is 1.71 bits per heavy atom. The Bertz CT molecular complexity index is 469. The van der Waals surface area contributed by atoms with Gasteiger partial charge in [-0.1, -0.05) is 11.8 Å². The molecule has 0 saturated carbocycles. The molecule has 0 spiro atoms. The largest absolute Gasteiger partial charge is 0.359 e. The predicted octanol–water partition coefficient (Wildman–Crippen LogP) is -0.671. The van der Waals surface area contributed by atoms with E-state index in [9.17, 15) is 9.59 Å². The summed E-state index contributed by atoms with van der Waals surface area (Å²) < 4.78 is 0. The molecule has 1 aromatic rings. The number of aromatic amines is 1. The Balaban J connectivity index is 3.09. The van der Waals surface area contributed by atoms with Gasteiger partial charge in [0.05, 0.1) is 6.20 Å². The minimum absolute atomic E-state index is 0.126. The first-order chi connectivity index (χ1) is 6.63. The highest BCUT2D eigenvalue weighted by Crippen LogP contribution is 2.03. The van der Waals surface area contributed by atoms with Crippen LogP contribution < -0.4 is 11.3 Å². The molecule has 0 bridgehead atoms. The number of nitrogens with one attached hydrogen (secondary N) is 1. The van der Waals surface area contributed by atoms with Gasteiger partial charge in [-0.25, -0.2) is 4.98 Å². The Hall–Kier alpha value is -1.74. The Morgan fingerprint density at radius 2 is 2.43 bits per heavy atom. The standard InChI is InChI=1S/C8H7N3O2S/c1-14-8-10-4-5(7(13)11-8)2-3-6(9)12/h4H,1H3,(H2,9,12)(H,10,11,13). The molecule has 1 amide bonds. The molecule has 0 aliphatic heterocycles. The Kier molecular flexibility index (Phi) is 3.31. The molecule has 3 N–H and O–H groups in total. The second-order valence-corrected chi connectivity index (χ2v) is 3.04. The van der Waals surface area contributed by atoms with Gasteiger partial charge in [-0.3, -0.25) is 9.59 Å². The first-order valence-corrected chi connectivity index (χ1v) is 4.80. The van der Waals surface area contributed by atoms with Crippen LogP contribution in [0.4, 0.5) is 0 Å². The van der Waals surface area contributed by atoms with Crippen LogP contribution in [0.3, 0.4) is 0 Å². The summed E-state index contributed by atoms with van der Waals surface area (Å²) in [7, 11) is 0. The molecule has 0 aromatic carbocycles. The van der Waals surface area contributed by atoms with Crippen molar-refractivity contribution >= 4 is 17.7 Å². The SMILES string of the molecule is CSc1ncc(C#CC(N)=O)c(=O)[nH]1. The predicted molar refractivity (Wildman–Crippen MR) is 52.7 cm³/mol. The van der Waals surface area contributed by atoms with E-state index in [0.717, 1.165) is 0 Å². The van der Waals surface area contributed by atoms with Crippen LogP contribution in [0.1, 0.15) is 5.56 Å². The summed E-state index contributed by atoms with van der Waals surface area (Å²) in [5, 5.41) is 0.500. The highest BCUT2D eigenvalue weighted by Gasteiger charge is 1.98. The number of rotatable bonds is 1. The topological polar surface area (TPSA) is 88.8 Å². The second kappa shape index (κ2) is 4.48. The smallest absolute Gasteiger partial charge is 0.293 e. The first kappa shape index (κ1) is 10.3. The lowest BCUT2D eigenvalue weighted by atomic mass is 10.3. The maximum absolute atomic E-state index is 11.2. The van der Waals surface area contributed by atoms with Crippen molar-refractivity contribution in [3.63, 3.8) is 0 Å². The molecule has 0 aliphatic carbocycles. The highest BCUT2D eigenvalue weighted by molar-refractivity contribution is 7.98. The van der Waals surface area contributed by atoms with E-state index in [1.165, 1.54) is 18.0 Å². The molecule has 72 valence electrons.